The first-order valence-corrected chi connectivity index (χ1v) is 6.67. The van der Waals surface area contributed by atoms with E-state index in [4.69, 9.17) is 0 Å². The molecule has 0 bridgehead atoms. The Labute approximate surface area is 122 Å². The van der Waals surface area contributed by atoms with E-state index < -0.39 is 5.91 Å². The predicted octanol–water partition coefficient (Wildman–Crippen LogP) is 3.28. The smallest absolute Gasteiger partial charge is 0.261 e. The molecule has 1 aromatic heterocycles. The molecule has 5 nitrogen and oxygen atoms in total. The Morgan fingerprint density at radius 1 is 1.25 bits per heavy atom. The van der Waals surface area contributed by atoms with Gasteiger partial charge in [0.2, 0.25) is 5.95 Å². The molecule has 1 amide bonds. The van der Waals surface area contributed by atoms with E-state index in [2.05, 4.69) is 31.2 Å². The monoisotopic (exact) mass is 331 g/mol. The number of anilines is 1. The van der Waals surface area contributed by atoms with Crippen molar-refractivity contribution in [3.05, 3.63) is 52.5 Å². The van der Waals surface area contributed by atoms with Crippen molar-refractivity contribution < 1.29 is 9.90 Å². The molecule has 1 heterocycles. The quantitative estimate of drug-likeness (QED) is 0.674. The number of hydrogen-bond donors (Lipinski definition) is 3. The van der Waals surface area contributed by atoms with Crippen molar-refractivity contribution >= 4 is 38.8 Å². The van der Waals surface area contributed by atoms with Crippen LogP contribution in [0.1, 0.15) is 10.4 Å². The molecular weight excluding hydrogens is 322 g/mol. The third kappa shape index (κ3) is 2.37. The maximum atomic E-state index is 12.1. The van der Waals surface area contributed by atoms with E-state index >= 15 is 0 Å². The lowest BCUT2D eigenvalue weighted by Crippen LogP contribution is -2.13. The molecule has 3 aromatic rings. The zero-order chi connectivity index (χ0) is 14.1. The van der Waals surface area contributed by atoms with E-state index in [0.717, 1.165) is 11.0 Å². The van der Waals surface area contributed by atoms with E-state index in [9.17, 15) is 9.90 Å². The van der Waals surface area contributed by atoms with Gasteiger partial charge < -0.3 is 10.1 Å². The minimum absolute atomic E-state index is 0.0817. The van der Waals surface area contributed by atoms with E-state index in [1.165, 1.54) is 6.07 Å². The number of aromatic hydroxyl groups is 1. The van der Waals surface area contributed by atoms with Crippen LogP contribution in [0.2, 0.25) is 0 Å². The number of nitrogens with zero attached hydrogens (tertiary/aromatic N) is 1. The van der Waals surface area contributed by atoms with Gasteiger partial charge >= 0.3 is 0 Å². The van der Waals surface area contributed by atoms with Crippen molar-refractivity contribution in [1.29, 1.82) is 0 Å². The molecule has 100 valence electrons. The highest BCUT2D eigenvalue weighted by Gasteiger charge is 2.13. The van der Waals surface area contributed by atoms with Crippen molar-refractivity contribution in [3.63, 3.8) is 0 Å². The third-order valence-electron chi connectivity index (χ3n) is 2.82. The lowest BCUT2D eigenvalue weighted by Gasteiger charge is -2.04. The molecule has 0 aliphatic heterocycles. The van der Waals surface area contributed by atoms with E-state index in [1.807, 2.05) is 24.3 Å². The molecule has 0 saturated heterocycles. The van der Waals surface area contributed by atoms with Crippen LogP contribution in [0.15, 0.2) is 46.9 Å². The van der Waals surface area contributed by atoms with Crippen LogP contribution in [0.5, 0.6) is 5.75 Å². The molecular formula is C14H10BrN3O2. The Hall–Kier alpha value is -2.34. The molecule has 0 aliphatic carbocycles. The zero-order valence-electron chi connectivity index (χ0n) is 10.2. The number of fused-ring (bicyclic) bond motifs is 1. The number of H-pyrrole nitrogens is 1. The van der Waals surface area contributed by atoms with Crippen LogP contribution in [-0.4, -0.2) is 21.0 Å². The van der Waals surface area contributed by atoms with Gasteiger partial charge in [0.05, 0.1) is 16.6 Å². The van der Waals surface area contributed by atoms with Gasteiger partial charge in [-0.3, -0.25) is 10.1 Å². The number of rotatable bonds is 2. The van der Waals surface area contributed by atoms with Crippen molar-refractivity contribution in [3.8, 4) is 5.75 Å². The van der Waals surface area contributed by atoms with Gasteiger partial charge in [0, 0.05) is 4.47 Å². The molecule has 3 N–H and O–H groups in total. The summed E-state index contributed by atoms with van der Waals surface area (Å²) in [5.41, 5.74) is 1.78. The number of halogens is 1. The molecule has 0 spiro atoms. The summed E-state index contributed by atoms with van der Waals surface area (Å²) in [5.74, 6) is -0.166. The number of phenols is 1. The van der Waals surface area contributed by atoms with Gasteiger partial charge in [-0.15, -0.1) is 0 Å². The van der Waals surface area contributed by atoms with Crippen LogP contribution in [0.25, 0.3) is 11.0 Å². The average Bonchev–Trinajstić information content (AvgIpc) is 2.83. The molecule has 0 atom stereocenters. The number of phenolic OH excluding ortho intramolecular Hbond substituents is 1. The maximum Gasteiger partial charge on any atom is 0.261 e. The largest absolute Gasteiger partial charge is 0.507 e. The van der Waals surface area contributed by atoms with Crippen molar-refractivity contribution in [2.24, 2.45) is 0 Å². The fourth-order valence-electron chi connectivity index (χ4n) is 1.88. The third-order valence-corrected chi connectivity index (χ3v) is 3.32. The number of nitrogens with one attached hydrogen (secondary N) is 2. The van der Waals surface area contributed by atoms with Crippen LogP contribution in [-0.2, 0) is 0 Å². The van der Waals surface area contributed by atoms with Gasteiger partial charge in [-0.1, -0.05) is 28.1 Å². The predicted molar refractivity (Wildman–Crippen MR) is 79.9 cm³/mol. The van der Waals surface area contributed by atoms with Gasteiger partial charge in [0.25, 0.3) is 5.91 Å². The minimum Gasteiger partial charge on any atom is -0.507 e. The highest BCUT2D eigenvalue weighted by molar-refractivity contribution is 9.10. The van der Waals surface area contributed by atoms with Crippen LogP contribution >= 0.6 is 15.9 Å². The molecule has 0 unspecified atom stereocenters. The molecule has 0 radical (unpaired) electrons. The van der Waals surface area contributed by atoms with Crippen molar-refractivity contribution in [2.45, 2.75) is 0 Å². The number of para-hydroxylation sites is 2. The number of amides is 1. The van der Waals surface area contributed by atoms with E-state index in [0.29, 0.717) is 10.4 Å². The summed E-state index contributed by atoms with van der Waals surface area (Å²) in [6.07, 6.45) is 0. The number of aromatic amines is 1. The highest BCUT2D eigenvalue weighted by atomic mass is 79.9. The lowest BCUT2D eigenvalue weighted by molar-refractivity contribution is 0.102. The SMILES string of the molecule is O=C(Nc1nc2ccccc2[nH]1)c1cc(Br)ccc1O. The standard InChI is InChI=1S/C14H10BrN3O2/c15-8-5-6-12(19)9(7-8)13(20)18-14-16-10-3-1-2-4-11(10)17-14/h1-7,19H,(H2,16,17,18,20). The van der Waals surface area contributed by atoms with Crippen molar-refractivity contribution in [1.82, 2.24) is 9.97 Å². The Bertz CT molecular complexity index is 765. The fraction of sp³-hybridized carbons (Fsp3) is 0. The van der Waals surface area contributed by atoms with E-state index in [-0.39, 0.29) is 11.3 Å². The Balaban J connectivity index is 1.90. The highest BCUT2D eigenvalue weighted by Crippen LogP contribution is 2.23. The number of carbonyl (C=O) groups excluding carboxylic acids is 1. The molecule has 0 aliphatic rings. The topological polar surface area (TPSA) is 78.0 Å². The molecule has 2 aromatic carbocycles. The van der Waals surface area contributed by atoms with Gasteiger partial charge in [-0.25, -0.2) is 4.98 Å². The second-order valence-corrected chi connectivity index (χ2v) is 5.13. The summed E-state index contributed by atoms with van der Waals surface area (Å²) in [6, 6.07) is 12.1. The number of carbonyl (C=O) groups is 1. The van der Waals surface area contributed by atoms with Crippen LogP contribution in [0.3, 0.4) is 0 Å². The number of benzene rings is 2. The first kappa shape index (κ1) is 12.7. The summed E-state index contributed by atoms with van der Waals surface area (Å²) in [4.78, 5) is 19.4. The summed E-state index contributed by atoms with van der Waals surface area (Å²) >= 11 is 3.26. The number of aromatic nitrogens is 2. The summed E-state index contributed by atoms with van der Waals surface area (Å²) < 4.78 is 0.713. The number of hydrogen-bond acceptors (Lipinski definition) is 3. The normalized spacial score (nSPS) is 10.7. The minimum atomic E-state index is -0.428. The summed E-state index contributed by atoms with van der Waals surface area (Å²) in [6.45, 7) is 0. The van der Waals surface area contributed by atoms with Crippen LogP contribution in [0.4, 0.5) is 5.95 Å². The molecule has 20 heavy (non-hydrogen) atoms. The van der Waals surface area contributed by atoms with Gasteiger partial charge in [-0.2, -0.15) is 0 Å². The Morgan fingerprint density at radius 3 is 2.85 bits per heavy atom. The van der Waals surface area contributed by atoms with Gasteiger partial charge in [0.1, 0.15) is 5.75 Å². The van der Waals surface area contributed by atoms with Gasteiger partial charge in [0.15, 0.2) is 0 Å². The second-order valence-electron chi connectivity index (χ2n) is 4.22. The first-order valence-electron chi connectivity index (χ1n) is 5.88. The number of imidazole rings is 1. The first-order chi connectivity index (χ1) is 9.63. The molecule has 0 saturated carbocycles. The van der Waals surface area contributed by atoms with Crippen molar-refractivity contribution in [2.75, 3.05) is 5.32 Å². The average molecular weight is 332 g/mol. The lowest BCUT2D eigenvalue weighted by atomic mass is 10.2. The molecule has 0 fully saturated rings. The van der Waals surface area contributed by atoms with Crippen LogP contribution in [0, 0.1) is 0 Å². The maximum absolute atomic E-state index is 12.1. The molecule has 6 heteroatoms. The molecule has 3 rings (SSSR count). The van der Waals surface area contributed by atoms with Gasteiger partial charge in [-0.05, 0) is 30.3 Å². The van der Waals surface area contributed by atoms with E-state index in [1.54, 1.807) is 12.1 Å². The second kappa shape index (κ2) is 4.97. The summed E-state index contributed by atoms with van der Waals surface area (Å²) in [7, 11) is 0. The zero-order valence-corrected chi connectivity index (χ0v) is 11.8. The fourth-order valence-corrected chi connectivity index (χ4v) is 2.24. The Morgan fingerprint density at radius 2 is 2.05 bits per heavy atom. The van der Waals surface area contributed by atoms with Crippen LogP contribution < -0.4 is 5.32 Å². The Kier molecular flexibility index (Phi) is 3.15. The summed E-state index contributed by atoms with van der Waals surface area (Å²) in [5, 5.41) is 12.3.